The third kappa shape index (κ3) is 4.33. The normalized spacial score (nSPS) is 11.1. The highest BCUT2D eigenvalue weighted by atomic mass is 16.5. The summed E-state index contributed by atoms with van der Waals surface area (Å²) in [5.41, 5.74) is 8.21. The number of methoxy groups -OCH3 is 1. The predicted octanol–water partition coefficient (Wildman–Crippen LogP) is 2.86. The molecule has 23 heavy (non-hydrogen) atoms. The molecule has 0 spiro atoms. The van der Waals surface area contributed by atoms with E-state index in [0.717, 1.165) is 16.9 Å². The van der Waals surface area contributed by atoms with E-state index in [1.54, 1.807) is 19.2 Å². The Morgan fingerprint density at radius 1 is 1.09 bits per heavy atom. The van der Waals surface area contributed by atoms with Crippen molar-refractivity contribution in [2.75, 3.05) is 13.7 Å². The van der Waals surface area contributed by atoms with E-state index in [-0.39, 0.29) is 11.3 Å². The van der Waals surface area contributed by atoms with Crippen molar-refractivity contribution in [3.63, 3.8) is 0 Å². The monoisotopic (exact) mass is 312 g/mol. The molecule has 3 N–H and O–H groups in total. The molecular formula is C19H24N2O2. The first-order chi connectivity index (χ1) is 11.0. The van der Waals surface area contributed by atoms with Crippen molar-refractivity contribution in [2.45, 2.75) is 25.8 Å². The SMILES string of the molecule is COc1ccc(C(C)(C)CNC(=O)c2ccc(CN)cc2)cc1. The van der Waals surface area contributed by atoms with Gasteiger partial charge in [0.15, 0.2) is 0 Å². The summed E-state index contributed by atoms with van der Waals surface area (Å²) in [6.07, 6.45) is 0. The minimum Gasteiger partial charge on any atom is -0.497 e. The molecule has 2 aromatic carbocycles. The highest BCUT2D eigenvalue weighted by Crippen LogP contribution is 2.24. The Balaban J connectivity index is 2.00. The van der Waals surface area contributed by atoms with Crippen LogP contribution in [0.5, 0.6) is 5.75 Å². The number of carbonyl (C=O) groups excluding carboxylic acids is 1. The van der Waals surface area contributed by atoms with Crippen LogP contribution < -0.4 is 15.8 Å². The summed E-state index contributed by atoms with van der Waals surface area (Å²) in [4.78, 5) is 12.3. The summed E-state index contributed by atoms with van der Waals surface area (Å²) in [6, 6.07) is 15.3. The molecule has 0 aliphatic carbocycles. The molecule has 4 nitrogen and oxygen atoms in total. The van der Waals surface area contributed by atoms with E-state index in [1.807, 2.05) is 36.4 Å². The van der Waals surface area contributed by atoms with Crippen molar-refractivity contribution in [3.8, 4) is 5.75 Å². The zero-order chi connectivity index (χ0) is 16.9. The van der Waals surface area contributed by atoms with Gasteiger partial charge in [0.1, 0.15) is 5.75 Å². The first kappa shape index (κ1) is 17.0. The van der Waals surface area contributed by atoms with Gasteiger partial charge in [-0.15, -0.1) is 0 Å². The van der Waals surface area contributed by atoms with Crippen LogP contribution in [-0.4, -0.2) is 19.6 Å². The number of carbonyl (C=O) groups is 1. The van der Waals surface area contributed by atoms with Crippen LogP contribution in [0, 0.1) is 0 Å². The van der Waals surface area contributed by atoms with E-state index in [4.69, 9.17) is 10.5 Å². The molecule has 0 fully saturated rings. The molecule has 122 valence electrons. The van der Waals surface area contributed by atoms with Gasteiger partial charge in [0.25, 0.3) is 5.91 Å². The smallest absolute Gasteiger partial charge is 0.251 e. The fourth-order valence-corrected chi connectivity index (χ4v) is 2.34. The van der Waals surface area contributed by atoms with Crippen LogP contribution in [-0.2, 0) is 12.0 Å². The maximum atomic E-state index is 12.3. The molecule has 2 rings (SSSR count). The van der Waals surface area contributed by atoms with Crippen molar-refractivity contribution in [2.24, 2.45) is 5.73 Å². The van der Waals surface area contributed by atoms with Gasteiger partial charge in [0.05, 0.1) is 7.11 Å². The Hall–Kier alpha value is -2.33. The molecule has 0 heterocycles. The maximum Gasteiger partial charge on any atom is 0.251 e. The first-order valence-corrected chi connectivity index (χ1v) is 7.68. The number of amides is 1. The summed E-state index contributed by atoms with van der Waals surface area (Å²) >= 11 is 0. The quantitative estimate of drug-likeness (QED) is 0.862. The molecule has 0 aliphatic heterocycles. The fourth-order valence-electron chi connectivity index (χ4n) is 2.34. The Labute approximate surface area is 137 Å². The average Bonchev–Trinajstić information content (AvgIpc) is 2.60. The molecule has 4 heteroatoms. The molecule has 2 aromatic rings. The molecule has 0 bridgehead atoms. The second kappa shape index (κ2) is 7.29. The lowest BCUT2D eigenvalue weighted by Gasteiger charge is -2.26. The van der Waals surface area contributed by atoms with Gasteiger partial charge in [-0.1, -0.05) is 38.1 Å². The Morgan fingerprint density at radius 2 is 1.70 bits per heavy atom. The van der Waals surface area contributed by atoms with Gasteiger partial charge < -0.3 is 15.8 Å². The zero-order valence-electron chi connectivity index (χ0n) is 13.9. The maximum absolute atomic E-state index is 12.3. The number of hydrogen-bond acceptors (Lipinski definition) is 3. The summed E-state index contributed by atoms with van der Waals surface area (Å²) in [7, 11) is 1.65. The topological polar surface area (TPSA) is 64.3 Å². The van der Waals surface area contributed by atoms with Crippen LogP contribution in [0.15, 0.2) is 48.5 Å². The number of nitrogens with two attached hydrogens (primary N) is 1. The first-order valence-electron chi connectivity index (χ1n) is 7.68. The van der Waals surface area contributed by atoms with E-state index in [9.17, 15) is 4.79 Å². The van der Waals surface area contributed by atoms with Gasteiger partial charge in [0, 0.05) is 24.1 Å². The van der Waals surface area contributed by atoms with Gasteiger partial charge in [-0.05, 0) is 35.4 Å². The van der Waals surface area contributed by atoms with Crippen molar-refractivity contribution in [1.82, 2.24) is 5.32 Å². The third-order valence-corrected chi connectivity index (χ3v) is 4.01. The lowest BCUT2D eigenvalue weighted by molar-refractivity contribution is 0.0945. The number of nitrogens with one attached hydrogen (secondary N) is 1. The van der Waals surface area contributed by atoms with Gasteiger partial charge >= 0.3 is 0 Å². The van der Waals surface area contributed by atoms with Crippen LogP contribution in [0.2, 0.25) is 0 Å². The van der Waals surface area contributed by atoms with E-state index < -0.39 is 0 Å². The van der Waals surface area contributed by atoms with Crippen LogP contribution in [0.3, 0.4) is 0 Å². The molecule has 0 atom stereocenters. The third-order valence-electron chi connectivity index (χ3n) is 4.01. The molecule has 0 saturated heterocycles. The Morgan fingerprint density at radius 3 is 2.22 bits per heavy atom. The van der Waals surface area contributed by atoms with Crippen LogP contribution in [0.1, 0.15) is 35.3 Å². The standard InChI is InChI=1S/C19H24N2O2/c1-19(2,16-8-10-17(23-3)11-9-16)13-21-18(22)15-6-4-14(12-20)5-7-15/h4-11H,12-13,20H2,1-3H3,(H,21,22). The van der Waals surface area contributed by atoms with E-state index >= 15 is 0 Å². The van der Waals surface area contributed by atoms with Crippen LogP contribution in [0.4, 0.5) is 0 Å². The second-order valence-electron chi connectivity index (χ2n) is 6.20. The number of hydrogen-bond donors (Lipinski definition) is 2. The highest BCUT2D eigenvalue weighted by Gasteiger charge is 2.21. The van der Waals surface area contributed by atoms with Crippen molar-refractivity contribution < 1.29 is 9.53 Å². The predicted molar refractivity (Wildman–Crippen MR) is 92.7 cm³/mol. The molecule has 0 aromatic heterocycles. The molecule has 0 aliphatic rings. The average molecular weight is 312 g/mol. The van der Waals surface area contributed by atoms with Crippen molar-refractivity contribution in [1.29, 1.82) is 0 Å². The van der Waals surface area contributed by atoms with E-state index in [0.29, 0.717) is 18.7 Å². The number of rotatable bonds is 6. The van der Waals surface area contributed by atoms with Crippen molar-refractivity contribution in [3.05, 3.63) is 65.2 Å². The van der Waals surface area contributed by atoms with Gasteiger partial charge in [0.2, 0.25) is 0 Å². The molecule has 0 saturated carbocycles. The van der Waals surface area contributed by atoms with Gasteiger partial charge in [-0.25, -0.2) is 0 Å². The van der Waals surface area contributed by atoms with E-state index in [2.05, 4.69) is 19.2 Å². The van der Waals surface area contributed by atoms with E-state index in [1.165, 1.54) is 0 Å². The molecule has 1 amide bonds. The number of benzene rings is 2. The lowest BCUT2D eigenvalue weighted by atomic mass is 9.84. The summed E-state index contributed by atoms with van der Waals surface area (Å²) < 4.78 is 5.18. The second-order valence-corrected chi connectivity index (χ2v) is 6.20. The molecule has 0 unspecified atom stereocenters. The summed E-state index contributed by atoms with van der Waals surface area (Å²) in [5, 5.41) is 3.00. The number of ether oxygens (including phenoxy) is 1. The van der Waals surface area contributed by atoms with Gasteiger partial charge in [-0.3, -0.25) is 4.79 Å². The summed E-state index contributed by atoms with van der Waals surface area (Å²) in [5.74, 6) is 0.753. The largest absolute Gasteiger partial charge is 0.497 e. The zero-order valence-corrected chi connectivity index (χ0v) is 13.9. The molecular weight excluding hydrogens is 288 g/mol. The van der Waals surface area contributed by atoms with Crippen LogP contribution in [0.25, 0.3) is 0 Å². The summed E-state index contributed by atoms with van der Waals surface area (Å²) in [6.45, 7) is 5.24. The van der Waals surface area contributed by atoms with Crippen molar-refractivity contribution >= 4 is 5.91 Å². The minimum absolute atomic E-state index is 0.0739. The highest BCUT2D eigenvalue weighted by molar-refractivity contribution is 5.94. The fraction of sp³-hybridized carbons (Fsp3) is 0.316. The Kier molecular flexibility index (Phi) is 5.40. The van der Waals surface area contributed by atoms with Crippen LogP contribution >= 0.6 is 0 Å². The van der Waals surface area contributed by atoms with Gasteiger partial charge in [-0.2, -0.15) is 0 Å². The Bertz CT molecular complexity index is 646. The molecule has 0 radical (unpaired) electrons. The lowest BCUT2D eigenvalue weighted by Crippen LogP contribution is -2.36. The minimum atomic E-state index is -0.168.